The van der Waals surface area contributed by atoms with Crippen LogP contribution in [0.2, 0.25) is 0 Å². The number of rotatable bonds is 6. The number of benzene rings is 2. The van der Waals surface area contributed by atoms with Crippen LogP contribution in [0, 0.1) is 0 Å². The fourth-order valence-electron chi connectivity index (χ4n) is 3.46. The third-order valence-corrected chi connectivity index (χ3v) is 7.83. The number of sulfonamides is 1. The van der Waals surface area contributed by atoms with Crippen LogP contribution in [0.5, 0.6) is 11.5 Å². The largest absolute Gasteiger partial charge is 0.497 e. The van der Waals surface area contributed by atoms with Gasteiger partial charge in [-0.15, -0.1) is 0 Å². The second kappa shape index (κ2) is 8.42. The van der Waals surface area contributed by atoms with E-state index >= 15 is 0 Å². The molecule has 0 saturated carbocycles. The minimum atomic E-state index is -3.86. The average molecular weight is 419 g/mol. The Balaban J connectivity index is 1.85. The number of anilines is 1. The van der Waals surface area contributed by atoms with E-state index in [1.165, 1.54) is 25.4 Å². The normalized spacial score (nSPS) is 21.3. The predicted octanol–water partition coefficient (Wildman–Crippen LogP) is 3.03. The highest BCUT2D eigenvalue weighted by Crippen LogP contribution is 2.36. The molecule has 0 bridgehead atoms. The molecule has 1 atom stereocenters. The predicted molar refractivity (Wildman–Crippen MR) is 112 cm³/mol. The van der Waals surface area contributed by atoms with Crippen molar-refractivity contribution in [1.82, 2.24) is 4.31 Å². The van der Waals surface area contributed by atoms with Crippen molar-refractivity contribution in [1.29, 1.82) is 0 Å². The zero-order valence-corrected chi connectivity index (χ0v) is 17.7. The van der Waals surface area contributed by atoms with Crippen molar-refractivity contribution >= 4 is 21.6 Å². The molecule has 0 aromatic heterocycles. The molecule has 156 valence electrons. The van der Waals surface area contributed by atoms with Gasteiger partial charge in [-0.25, -0.2) is 8.42 Å². The van der Waals surface area contributed by atoms with E-state index in [1.54, 1.807) is 18.2 Å². The van der Waals surface area contributed by atoms with E-state index < -0.39 is 20.7 Å². The molecule has 1 fully saturated rings. The smallest absolute Gasteiger partial charge is 0.247 e. The summed E-state index contributed by atoms with van der Waals surface area (Å²) in [7, 11) is -0.849. The summed E-state index contributed by atoms with van der Waals surface area (Å²) in [4.78, 5) is 13.1. The Morgan fingerprint density at radius 3 is 2.52 bits per heavy atom. The van der Waals surface area contributed by atoms with Gasteiger partial charge >= 0.3 is 0 Å². The Hall–Kier alpha value is -2.58. The first kappa shape index (κ1) is 21.1. The van der Waals surface area contributed by atoms with Gasteiger partial charge in [-0.3, -0.25) is 4.79 Å². The van der Waals surface area contributed by atoms with Gasteiger partial charge in [0.25, 0.3) is 0 Å². The lowest BCUT2D eigenvalue weighted by Crippen LogP contribution is -2.56. The fourth-order valence-corrected chi connectivity index (χ4v) is 5.41. The number of nitrogens with zero attached hydrogens (tertiary/aromatic N) is 1. The molecule has 0 spiro atoms. The van der Waals surface area contributed by atoms with Gasteiger partial charge in [0.15, 0.2) is 4.75 Å². The standard InChI is InChI=1S/C21H26N2O5S/c1-21(20(24)22-18-11-10-17(27-2)14-19(18)28-3)12-7-13-23(29(21,25)26)15-16-8-5-4-6-9-16/h4-6,8-11,14H,7,12-13,15H2,1-3H3,(H,22,24). The van der Waals surface area contributed by atoms with Crippen molar-refractivity contribution in [2.45, 2.75) is 31.1 Å². The zero-order valence-electron chi connectivity index (χ0n) is 16.8. The summed E-state index contributed by atoms with van der Waals surface area (Å²) in [5.74, 6) is 0.403. The number of carbonyl (C=O) groups excluding carboxylic acids is 1. The Morgan fingerprint density at radius 2 is 1.86 bits per heavy atom. The molecule has 1 aliphatic heterocycles. The Labute approximate surface area is 171 Å². The van der Waals surface area contributed by atoms with Crippen LogP contribution >= 0.6 is 0 Å². The summed E-state index contributed by atoms with van der Waals surface area (Å²) < 4.78 is 37.0. The molecule has 1 unspecified atom stereocenters. The third-order valence-electron chi connectivity index (χ3n) is 5.31. The van der Waals surface area contributed by atoms with Crippen LogP contribution in [-0.2, 0) is 21.4 Å². The van der Waals surface area contributed by atoms with Crippen LogP contribution in [0.4, 0.5) is 5.69 Å². The SMILES string of the molecule is COc1ccc(NC(=O)C2(C)CCCN(Cc3ccccc3)S2(=O)=O)c(OC)c1. The zero-order chi connectivity index (χ0) is 21.1. The Morgan fingerprint density at radius 1 is 1.14 bits per heavy atom. The van der Waals surface area contributed by atoms with Gasteiger partial charge in [0.1, 0.15) is 11.5 Å². The third kappa shape index (κ3) is 4.09. The Kier molecular flexibility index (Phi) is 6.14. The summed E-state index contributed by atoms with van der Waals surface area (Å²) in [5, 5.41) is 2.74. The number of amides is 1. The number of hydrogen-bond acceptors (Lipinski definition) is 5. The van der Waals surface area contributed by atoms with Crippen molar-refractivity contribution in [2.24, 2.45) is 0 Å². The van der Waals surface area contributed by atoms with Crippen molar-refractivity contribution in [3.05, 3.63) is 54.1 Å². The van der Waals surface area contributed by atoms with E-state index in [-0.39, 0.29) is 13.0 Å². The van der Waals surface area contributed by atoms with E-state index in [9.17, 15) is 13.2 Å². The summed E-state index contributed by atoms with van der Waals surface area (Å²) in [6.45, 7) is 2.13. The van der Waals surface area contributed by atoms with Gasteiger partial charge in [-0.05, 0) is 37.5 Å². The molecular formula is C21H26N2O5S. The number of carbonyl (C=O) groups is 1. The van der Waals surface area contributed by atoms with Gasteiger partial charge in [0, 0.05) is 19.2 Å². The van der Waals surface area contributed by atoms with E-state index in [2.05, 4.69) is 5.32 Å². The van der Waals surface area contributed by atoms with Crippen molar-refractivity contribution in [2.75, 3.05) is 26.1 Å². The molecule has 1 saturated heterocycles. The monoisotopic (exact) mass is 418 g/mol. The first-order valence-corrected chi connectivity index (χ1v) is 10.8. The first-order chi connectivity index (χ1) is 13.8. The van der Waals surface area contributed by atoms with Crippen LogP contribution in [0.25, 0.3) is 0 Å². The molecular weight excluding hydrogens is 392 g/mol. The lowest BCUT2D eigenvalue weighted by molar-refractivity contribution is -0.118. The molecule has 8 heteroatoms. The highest BCUT2D eigenvalue weighted by Gasteiger charge is 2.51. The number of methoxy groups -OCH3 is 2. The summed E-state index contributed by atoms with van der Waals surface area (Å²) in [6.07, 6.45) is 0.862. The van der Waals surface area contributed by atoms with Gasteiger partial charge in [-0.1, -0.05) is 30.3 Å². The average Bonchev–Trinajstić information content (AvgIpc) is 2.72. The maximum Gasteiger partial charge on any atom is 0.247 e. The fraction of sp³-hybridized carbons (Fsp3) is 0.381. The van der Waals surface area contributed by atoms with E-state index in [0.717, 1.165) is 5.56 Å². The van der Waals surface area contributed by atoms with Crippen molar-refractivity contribution in [3.63, 3.8) is 0 Å². The minimum Gasteiger partial charge on any atom is -0.497 e. The Bertz CT molecular complexity index is 978. The second-order valence-electron chi connectivity index (χ2n) is 7.18. The molecule has 1 heterocycles. The van der Waals surface area contributed by atoms with Crippen LogP contribution in [-0.4, -0.2) is 44.1 Å². The van der Waals surface area contributed by atoms with Crippen molar-refractivity contribution in [3.8, 4) is 11.5 Å². The maximum absolute atomic E-state index is 13.3. The molecule has 1 N–H and O–H groups in total. The second-order valence-corrected chi connectivity index (χ2v) is 9.55. The maximum atomic E-state index is 13.3. The van der Waals surface area contributed by atoms with Crippen LogP contribution in [0.3, 0.4) is 0 Å². The molecule has 0 radical (unpaired) electrons. The summed E-state index contributed by atoms with van der Waals surface area (Å²) in [5.41, 5.74) is 1.28. The van der Waals surface area contributed by atoms with Crippen molar-refractivity contribution < 1.29 is 22.7 Å². The molecule has 7 nitrogen and oxygen atoms in total. The number of hydrogen-bond donors (Lipinski definition) is 1. The first-order valence-electron chi connectivity index (χ1n) is 9.39. The quantitative estimate of drug-likeness (QED) is 0.779. The van der Waals surface area contributed by atoms with Gasteiger partial charge < -0.3 is 14.8 Å². The molecule has 29 heavy (non-hydrogen) atoms. The molecule has 2 aromatic carbocycles. The van der Waals surface area contributed by atoms with Gasteiger partial charge in [-0.2, -0.15) is 4.31 Å². The lowest BCUT2D eigenvalue weighted by Gasteiger charge is -2.38. The van der Waals surface area contributed by atoms with E-state index in [0.29, 0.717) is 30.2 Å². The van der Waals surface area contributed by atoms with Crippen LogP contribution in [0.1, 0.15) is 25.3 Å². The molecule has 0 aliphatic carbocycles. The lowest BCUT2D eigenvalue weighted by atomic mass is 10.0. The number of nitrogens with one attached hydrogen (secondary N) is 1. The molecule has 3 rings (SSSR count). The molecule has 1 aliphatic rings. The highest BCUT2D eigenvalue weighted by atomic mass is 32.2. The number of ether oxygens (including phenoxy) is 2. The summed E-state index contributed by atoms with van der Waals surface area (Å²) in [6, 6.07) is 14.3. The van der Waals surface area contributed by atoms with Crippen LogP contribution < -0.4 is 14.8 Å². The topological polar surface area (TPSA) is 84.9 Å². The van der Waals surface area contributed by atoms with Gasteiger partial charge in [0.2, 0.25) is 15.9 Å². The van der Waals surface area contributed by atoms with Gasteiger partial charge in [0.05, 0.1) is 19.9 Å². The van der Waals surface area contributed by atoms with Crippen LogP contribution in [0.15, 0.2) is 48.5 Å². The summed E-state index contributed by atoms with van der Waals surface area (Å²) >= 11 is 0. The molecule has 1 amide bonds. The van der Waals surface area contributed by atoms with E-state index in [1.807, 2.05) is 30.3 Å². The highest BCUT2D eigenvalue weighted by molar-refractivity contribution is 7.91. The minimum absolute atomic E-state index is 0.248. The van der Waals surface area contributed by atoms with E-state index in [4.69, 9.17) is 9.47 Å². The molecule has 2 aromatic rings.